The molecule has 0 N–H and O–H groups in total. The number of benzene rings is 2. The van der Waals surface area contributed by atoms with Crippen LogP contribution in [0.15, 0.2) is 60.7 Å². The summed E-state index contributed by atoms with van der Waals surface area (Å²) in [7, 11) is 0. The molecule has 0 saturated carbocycles. The van der Waals surface area contributed by atoms with E-state index in [9.17, 15) is 19.8 Å². The Balaban J connectivity index is 0.000000220. The summed E-state index contributed by atoms with van der Waals surface area (Å²) >= 11 is 0. The van der Waals surface area contributed by atoms with Gasteiger partial charge in [-0.15, -0.1) is 0 Å². The molecule has 0 fully saturated rings. The van der Waals surface area contributed by atoms with Gasteiger partial charge in [-0.05, 0) is 36.8 Å². The van der Waals surface area contributed by atoms with E-state index >= 15 is 0 Å². The topological polar surface area (TPSA) is 80.3 Å². The third kappa shape index (κ3) is 8.53. The fourth-order valence-electron chi connectivity index (χ4n) is 1.78. The average Bonchev–Trinajstić information content (AvgIpc) is 2.53. The van der Waals surface area contributed by atoms with Crippen LogP contribution in [0.5, 0.6) is 0 Å². The predicted octanol–water partition coefficient (Wildman–Crippen LogP) is 0.738. The number of carboxylic acids is 2. The molecular weight excluding hydrogens is 280 g/mol. The zero-order valence-corrected chi connectivity index (χ0v) is 12.2. The van der Waals surface area contributed by atoms with Gasteiger partial charge in [0.15, 0.2) is 0 Å². The lowest BCUT2D eigenvalue weighted by Crippen LogP contribution is -2.22. The third-order valence-corrected chi connectivity index (χ3v) is 2.92. The molecule has 0 heterocycles. The summed E-state index contributed by atoms with van der Waals surface area (Å²) in [6, 6.07) is 19.0. The molecule has 0 aliphatic carbocycles. The number of carbonyl (C=O) groups excluding carboxylic acids is 2. The Morgan fingerprint density at radius 2 is 0.955 bits per heavy atom. The Labute approximate surface area is 130 Å². The van der Waals surface area contributed by atoms with Crippen LogP contribution in [0.1, 0.15) is 24.0 Å². The normalized spacial score (nSPS) is 9.45. The van der Waals surface area contributed by atoms with E-state index in [1.807, 2.05) is 60.7 Å². The van der Waals surface area contributed by atoms with Crippen LogP contribution in [0.4, 0.5) is 0 Å². The standard InChI is InChI=1S/2C9H10O2/c2*10-9(11)7-6-8-4-2-1-3-5-8/h2*1-5H,6-7H2,(H,10,11)/p-2. The van der Waals surface area contributed by atoms with Crippen LogP contribution in [0.25, 0.3) is 0 Å². The Morgan fingerprint density at radius 3 is 1.23 bits per heavy atom. The summed E-state index contributed by atoms with van der Waals surface area (Å²) < 4.78 is 0. The van der Waals surface area contributed by atoms with Crippen molar-refractivity contribution < 1.29 is 19.8 Å². The molecule has 0 spiro atoms. The maximum atomic E-state index is 10.1. The monoisotopic (exact) mass is 298 g/mol. The minimum Gasteiger partial charge on any atom is -0.550 e. The number of aliphatic carboxylic acids is 2. The highest BCUT2D eigenvalue weighted by molar-refractivity contribution is 5.64. The van der Waals surface area contributed by atoms with Crippen molar-refractivity contribution in [3.63, 3.8) is 0 Å². The summed E-state index contributed by atoms with van der Waals surface area (Å²) in [5.41, 5.74) is 2.08. The SMILES string of the molecule is O=C([O-])CCc1ccccc1.O=C([O-])CCc1ccccc1. The molecule has 116 valence electrons. The smallest absolute Gasteiger partial charge is 0.0417 e. The van der Waals surface area contributed by atoms with Crippen LogP contribution in [0.3, 0.4) is 0 Å². The van der Waals surface area contributed by atoms with Gasteiger partial charge in [-0.25, -0.2) is 0 Å². The number of hydrogen-bond donors (Lipinski definition) is 0. The second-order valence-electron chi connectivity index (χ2n) is 4.72. The van der Waals surface area contributed by atoms with Gasteiger partial charge in [0.1, 0.15) is 0 Å². The van der Waals surface area contributed by atoms with E-state index in [1.165, 1.54) is 0 Å². The van der Waals surface area contributed by atoms with Gasteiger partial charge in [-0.1, -0.05) is 60.7 Å². The Kier molecular flexibility index (Phi) is 8.05. The van der Waals surface area contributed by atoms with E-state index in [4.69, 9.17) is 0 Å². The van der Waals surface area contributed by atoms with Gasteiger partial charge in [0.25, 0.3) is 0 Å². The molecule has 0 aromatic heterocycles. The van der Waals surface area contributed by atoms with Crippen LogP contribution in [0.2, 0.25) is 0 Å². The second kappa shape index (κ2) is 10.2. The predicted molar refractivity (Wildman–Crippen MR) is 79.5 cm³/mol. The fraction of sp³-hybridized carbons (Fsp3) is 0.222. The maximum absolute atomic E-state index is 10.1. The molecule has 0 radical (unpaired) electrons. The number of carbonyl (C=O) groups is 2. The summed E-state index contributed by atoms with van der Waals surface area (Å²) in [4.78, 5) is 20.1. The van der Waals surface area contributed by atoms with Crippen molar-refractivity contribution in [2.75, 3.05) is 0 Å². The van der Waals surface area contributed by atoms with Gasteiger partial charge in [0, 0.05) is 11.9 Å². The van der Waals surface area contributed by atoms with E-state index in [0.29, 0.717) is 12.8 Å². The van der Waals surface area contributed by atoms with Gasteiger partial charge >= 0.3 is 0 Å². The van der Waals surface area contributed by atoms with E-state index < -0.39 is 11.9 Å². The highest BCUT2D eigenvalue weighted by Gasteiger charge is 1.91. The number of carboxylic acid groups (broad SMARTS) is 2. The third-order valence-electron chi connectivity index (χ3n) is 2.92. The van der Waals surface area contributed by atoms with Crippen LogP contribution in [0, 0.1) is 0 Å². The first-order valence-electron chi connectivity index (χ1n) is 7.05. The fourth-order valence-corrected chi connectivity index (χ4v) is 1.78. The van der Waals surface area contributed by atoms with Crippen molar-refractivity contribution in [1.82, 2.24) is 0 Å². The molecule has 22 heavy (non-hydrogen) atoms. The molecule has 4 heteroatoms. The van der Waals surface area contributed by atoms with Gasteiger partial charge in [0.2, 0.25) is 0 Å². The van der Waals surface area contributed by atoms with Crippen molar-refractivity contribution in [3.05, 3.63) is 71.8 Å². The summed E-state index contributed by atoms with van der Waals surface area (Å²) in [6.07, 6.45) is 1.32. The average molecular weight is 298 g/mol. The van der Waals surface area contributed by atoms with Crippen molar-refractivity contribution in [3.8, 4) is 0 Å². The molecule has 0 aliphatic rings. The minimum atomic E-state index is -0.992. The summed E-state index contributed by atoms with van der Waals surface area (Å²) in [5.74, 6) is -1.98. The molecule has 0 unspecified atom stereocenters. The molecule has 4 nitrogen and oxygen atoms in total. The van der Waals surface area contributed by atoms with Gasteiger partial charge in [0.05, 0.1) is 0 Å². The lowest BCUT2D eigenvalue weighted by atomic mass is 10.1. The molecule has 0 bridgehead atoms. The molecule has 0 amide bonds. The molecule has 2 aromatic rings. The first-order chi connectivity index (χ1) is 10.6. The Bertz CT molecular complexity index is 511. The first-order valence-corrected chi connectivity index (χ1v) is 7.05. The van der Waals surface area contributed by atoms with Gasteiger partial charge in [-0.3, -0.25) is 0 Å². The van der Waals surface area contributed by atoms with Crippen LogP contribution in [-0.2, 0) is 22.4 Å². The largest absolute Gasteiger partial charge is 0.550 e. The molecular formula is C18H18O4-2. The van der Waals surface area contributed by atoms with Crippen LogP contribution in [-0.4, -0.2) is 11.9 Å². The molecule has 2 aromatic carbocycles. The maximum Gasteiger partial charge on any atom is 0.0417 e. The highest BCUT2D eigenvalue weighted by Crippen LogP contribution is 2.01. The van der Waals surface area contributed by atoms with Crippen molar-refractivity contribution in [1.29, 1.82) is 0 Å². The molecule has 0 aliphatic heterocycles. The van der Waals surface area contributed by atoms with Gasteiger partial charge in [-0.2, -0.15) is 0 Å². The molecule has 2 rings (SSSR count). The van der Waals surface area contributed by atoms with Crippen molar-refractivity contribution in [2.24, 2.45) is 0 Å². The second-order valence-corrected chi connectivity index (χ2v) is 4.72. The lowest BCUT2D eigenvalue weighted by Gasteiger charge is -2.00. The molecule has 0 saturated heterocycles. The van der Waals surface area contributed by atoms with E-state index in [2.05, 4.69) is 0 Å². The Hall–Kier alpha value is -2.62. The lowest BCUT2D eigenvalue weighted by molar-refractivity contribution is -0.307. The van der Waals surface area contributed by atoms with Crippen LogP contribution < -0.4 is 10.2 Å². The summed E-state index contributed by atoms with van der Waals surface area (Å²) in [5, 5.41) is 20.1. The van der Waals surface area contributed by atoms with Gasteiger partial charge < -0.3 is 19.8 Å². The Morgan fingerprint density at radius 1 is 0.636 bits per heavy atom. The quantitative estimate of drug-likeness (QED) is 0.787. The summed E-state index contributed by atoms with van der Waals surface area (Å²) in [6.45, 7) is 0. The zero-order valence-electron chi connectivity index (χ0n) is 12.2. The number of hydrogen-bond acceptors (Lipinski definition) is 4. The number of aryl methyl sites for hydroxylation is 2. The minimum absolute atomic E-state index is 0.101. The van der Waals surface area contributed by atoms with Crippen molar-refractivity contribution >= 4 is 11.9 Å². The zero-order chi connectivity index (χ0) is 16.2. The first kappa shape index (κ1) is 17.4. The van der Waals surface area contributed by atoms with Crippen LogP contribution >= 0.6 is 0 Å². The molecule has 0 atom stereocenters. The number of rotatable bonds is 6. The van der Waals surface area contributed by atoms with E-state index in [0.717, 1.165) is 11.1 Å². The van der Waals surface area contributed by atoms with E-state index in [-0.39, 0.29) is 12.8 Å². The van der Waals surface area contributed by atoms with Crippen molar-refractivity contribution in [2.45, 2.75) is 25.7 Å². The highest BCUT2D eigenvalue weighted by atomic mass is 16.4. The van der Waals surface area contributed by atoms with E-state index in [1.54, 1.807) is 0 Å².